The largest absolute Gasteiger partial charge is 0.507 e. The van der Waals surface area contributed by atoms with Gasteiger partial charge in [-0.1, -0.05) is 58.8 Å². The van der Waals surface area contributed by atoms with Gasteiger partial charge in [0.05, 0.1) is 41.2 Å². The number of aliphatic hydroxyl groups is 2. The van der Waals surface area contributed by atoms with Gasteiger partial charge in [0.25, 0.3) is 17.6 Å². The number of fused-ring (bicyclic) bond motifs is 14. The van der Waals surface area contributed by atoms with E-state index in [2.05, 4.69) is 5.32 Å². The fourth-order valence-electron chi connectivity index (χ4n) is 8.30. The van der Waals surface area contributed by atoms with Gasteiger partial charge in [-0.05, 0) is 32.8 Å². The number of rotatable bonds is 5. The molecule has 9 atom stereocenters. The number of anilines is 1. The SMILES string of the molecule is CO[C@H]1/C=C\O[C@@]2(C)Oc3c(C)c(O)c4c(O)c(cc(OCC(=O)N5CCCCCC5)c4c3C2=O)NC(=O)/C(C)=C\C=C/[C@H](C)[C@H](O)[C@@H](C)[C@@H](O)[C@@H](C)[C@H](OC(C)=O)[C@@H]1C. The van der Waals surface area contributed by atoms with Crippen LogP contribution in [0, 0.1) is 30.6 Å². The first-order chi connectivity index (χ1) is 28.3. The molecule has 328 valence electrons. The van der Waals surface area contributed by atoms with Gasteiger partial charge < -0.3 is 54.3 Å². The van der Waals surface area contributed by atoms with E-state index in [1.165, 1.54) is 59.3 Å². The monoisotopic (exact) mass is 836 g/mol. The molecule has 1 fully saturated rings. The van der Waals surface area contributed by atoms with Crippen LogP contribution in [-0.2, 0) is 28.6 Å². The molecule has 4 aliphatic rings. The molecule has 4 aliphatic heterocycles. The summed E-state index contributed by atoms with van der Waals surface area (Å²) in [7, 11) is 1.44. The smallest absolute Gasteiger partial charge is 0.312 e. The number of aliphatic hydroxyl groups excluding tert-OH is 2. The average Bonchev–Trinajstić information content (AvgIpc) is 3.35. The summed E-state index contributed by atoms with van der Waals surface area (Å²) in [5.74, 6) is -7.83. The number of hydrogen-bond acceptors (Lipinski definition) is 13. The number of aromatic hydroxyl groups is 2. The Bertz CT molecular complexity index is 2050. The van der Waals surface area contributed by atoms with Crippen LogP contribution < -0.4 is 14.8 Å². The first-order valence-corrected chi connectivity index (χ1v) is 20.6. The second-order valence-corrected chi connectivity index (χ2v) is 16.5. The minimum Gasteiger partial charge on any atom is -0.507 e. The van der Waals surface area contributed by atoms with Crippen molar-refractivity contribution in [2.75, 3.05) is 32.1 Å². The number of carbonyl (C=O) groups excluding carboxylic acids is 4. The number of hydrogen-bond donors (Lipinski definition) is 5. The predicted molar refractivity (Wildman–Crippen MR) is 223 cm³/mol. The maximum absolute atomic E-state index is 14.5. The van der Waals surface area contributed by atoms with Crippen molar-refractivity contribution >= 4 is 40.0 Å². The summed E-state index contributed by atoms with van der Waals surface area (Å²) in [5, 5.41) is 48.6. The van der Waals surface area contributed by atoms with Gasteiger partial charge in [0, 0.05) is 80.3 Å². The number of likely N-dealkylation sites (tertiary alicyclic amines) is 1. The van der Waals surface area contributed by atoms with E-state index in [9.17, 15) is 39.6 Å². The first kappa shape index (κ1) is 46.0. The number of Topliss-reactive ketones (excluding diaryl/α,β-unsaturated/α-hetero) is 1. The zero-order valence-corrected chi connectivity index (χ0v) is 35.9. The number of allylic oxidation sites excluding steroid dienone is 2. The Morgan fingerprint density at radius 3 is 2.23 bits per heavy atom. The van der Waals surface area contributed by atoms with E-state index in [-0.39, 0.29) is 50.6 Å². The van der Waals surface area contributed by atoms with E-state index in [1.54, 1.807) is 44.7 Å². The summed E-state index contributed by atoms with van der Waals surface area (Å²) in [4.78, 5) is 55.6. The molecule has 2 amide bonds. The minimum absolute atomic E-state index is 0.0446. The first-order valence-electron chi connectivity index (χ1n) is 20.6. The molecule has 5 bridgehead atoms. The molecule has 0 radical (unpaired) electrons. The number of carbonyl (C=O) groups is 4. The van der Waals surface area contributed by atoms with Gasteiger partial charge in [-0.3, -0.25) is 19.2 Å². The quantitative estimate of drug-likeness (QED) is 0.178. The van der Waals surface area contributed by atoms with Gasteiger partial charge >= 0.3 is 11.8 Å². The van der Waals surface area contributed by atoms with Crippen LogP contribution in [0.5, 0.6) is 23.0 Å². The Morgan fingerprint density at radius 2 is 1.60 bits per heavy atom. The van der Waals surface area contributed by atoms with Crippen molar-refractivity contribution in [3.05, 3.63) is 53.3 Å². The van der Waals surface area contributed by atoms with Gasteiger partial charge in [-0.25, -0.2) is 0 Å². The van der Waals surface area contributed by atoms with Crippen molar-refractivity contribution in [2.45, 2.75) is 111 Å². The van der Waals surface area contributed by atoms with Crippen molar-refractivity contribution in [1.82, 2.24) is 4.90 Å². The Balaban J connectivity index is 1.66. The highest BCUT2D eigenvalue weighted by Crippen LogP contribution is 2.54. The van der Waals surface area contributed by atoms with E-state index in [1.807, 2.05) is 0 Å². The molecule has 0 spiro atoms. The van der Waals surface area contributed by atoms with Crippen molar-refractivity contribution in [1.29, 1.82) is 0 Å². The lowest BCUT2D eigenvalue weighted by Crippen LogP contribution is -2.46. The lowest BCUT2D eigenvalue weighted by atomic mass is 9.78. The zero-order valence-electron chi connectivity index (χ0n) is 35.9. The summed E-state index contributed by atoms with van der Waals surface area (Å²) in [6.07, 6.45) is 7.37. The van der Waals surface area contributed by atoms with Crippen LogP contribution in [-0.4, -0.2) is 106 Å². The predicted octanol–water partition coefficient (Wildman–Crippen LogP) is 5.83. The molecular weight excluding hydrogens is 776 g/mol. The molecule has 0 aliphatic carbocycles. The molecule has 60 heavy (non-hydrogen) atoms. The molecular formula is C45H60N2O13. The maximum Gasteiger partial charge on any atom is 0.312 e. The number of benzene rings is 2. The van der Waals surface area contributed by atoms with E-state index >= 15 is 0 Å². The van der Waals surface area contributed by atoms with Crippen molar-refractivity contribution in [3.63, 3.8) is 0 Å². The maximum atomic E-state index is 14.5. The Labute approximate surface area is 351 Å². The number of ketones is 1. The van der Waals surface area contributed by atoms with Crippen LogP contribution in [0.3, 0.4) is 0 Å². The van der Waals surface area contributed by atoms with Gasteiger partial charge in [0.15, 0.2) is 12.4 Å². The van der Waals surface area contributed by atoms with Crippen LogP contribution in [0.25, 0.3) is 10.8 Å². The highest BCUT2D eigenvalue weighted by Gasteiger charge is 2.50. The number of methoxy groups -OCH3 is 1. The van der Waals surface area contributed by atoms with Crippen LogP contribution in [0.15, 0.2) is 42.2 Å². The molecule has 1 saturated heterocycles. The number of nitrogens with one attached hydrogen (secondary N) is 1. The summed E-state index contributed by atoms with van der Waals surface area (Å²) in [6.45, 7) is 13.3. The second-order valence-electron chi connectivity index (χ2n) is 16.5. The van der Waals surface area contributed by atoms with Gasteiger partial charge in [0.1, 0.15) is 23.4 Å². The standard InChI is InChI=1S/C45H60N2O13/c1-23-15-14-16-24(2)44(55)46-30-21-32(57-22-33(49)47-18-12-10-11-13-19-47)34-35(40(30)53)39(52)28(6)42-36(34)43(54)45(8,60-42)58-20-17-31(56-9)25(3)41(59-29(7)48)27(5)38(51)26(4)37(23)50/h14-17,20-21,23,25-27,31,37-38,41,50-53H,10-13,18-19,22H2,1-9H3,(H,46,55)/b15-14-,20-17-,24-16-/t23-,25+,26+,27+,31-,37-,38+,41+,45-/m0/s1. The highest BCUT2D eigenvalue weighted by atomic mass is 16.7. The lowest BCUT2D eigenvalue weighted by Gasteiger charge is -2.38. The van der Waals surface area contributed by atoms with Crippen molar-refractivity contribution in [3.8, 4) is 23.0 Å². The Hall–Kier alpha value is -5.12. The number of phenolic OH excluding ortho intramolecular Hbond substituents is 2. The molecule has 0 unspecified atom stereocenters. The third-order valence-electron chi connectivity index (χ3n) is 12.1. The van der Waals surface area contributed by atoms with Crippen LogP contribution in [0.4, 0.5) is 5.69 Å². The molecule has 15 heteroatoms. The highest BCUT2D eigenvalue weighted by molar-refractivity contribution is 6.21. The van der Waals surface area contributed by atoms with E-state index in [4.69, 9.17) is 23.7 Å². The van der Waals surface area contributed by atoms with Crippen molar-refractivity contribution < 1.29 is 63.3 Å². The Kier molecular flexibility index (Phi) is 14.6. The average molecular weight is 837 g/mol. The molecule has 0 aromatic heterocycles. The minimum atomic E-state index is -2.02. The number of nitrogens with zero attached hydrogens (tertiary/aromatic N) is 1. The molecule has 2 aromatic rings. The van der Waals surface area contributed by atoms with Crippen molar-refractivity contribution in [2.24, 2.45) is 23.7 Å². The molecule has 15 nitrogen and oxygen atoms in total. The number of esters is 1. The summed E-state index contributed by atoms with van der Waals surface area (Å²) in [6, 6.07) is 1.29. The zero-order chi connectivity index (χ0) is 44.2. The summed E-state index contributed by atoms with van der Waals surface area (Å²) >= 11 is 0. The number of ether oxygens (including phenoxy) is 5. The molecule has 2 aromatic carbocycles. The van der Waals surface area contributed by atoms with E-state index in [0.717, 1.165) is 25.7 Å². The normalized spacial score (nSPS) is 31.3. The van der Waals surface area contributed by atoms with E-state index in [0.29, 0.717) is 13.1 Å². The molecule has 5 N–H and O–H groups in total. The molecule has 6 rings (SSSR count). The second kappa shape index (κ2) is 19.1. The van der Waals surface area contributed by atoms with Gasteiger partial charge in [-0.15, -0.1) is 0 Å². The lowest BCUT2D eigenvalue weighted by molar-refractivity contribution is -0.160. The topological polar surface area (TPSA) is 211 Å². The van der Waals surface area contributed by atoms with Crippen LogP contribution in [0.2, 0.25) is 0 Å². The Morgan fingerprint density at radius 1 is 0.933 bits per heavy atom. The summed E-state index contributed by atoms with van der Waals surface area (Å²) < 4.78 is 29.9. The van der Waals surface area contributed by atoms with Gasteiger partial charge in [0.2, 0.25) is 0 Å². The third-order valence-corrected chi connectivity index (χ3v) is 12.1. The number of amides is 2. The van der Waals surface area contributed by atoms with E-state index < -0.39 is 89.6 Å². The van der Waals surface area contributed by atoms with Crippen LogP contribution >= 0.6 is 0 Å². The molecule has 4 heterocycles. The van der Waals surface area contributed by atoms with Crippen LogP contribution in [0.1, 0.15) is 90.1 Å². The summed E-state index contributed by atoms with van der Waals surface area (Å²) in [5.41, 5.74) is 0.0423. The third kappa shape index (κ3) is 9.43. The molecule has 0 saturated carbocycles. The number of phenols is 2. The van der Waals surface area contributed by atoms with Gasteiger partial charge in [-0.2, -0.15) is 0 Å². The fraction of sp³-hybridized carbons (Fsp3) is 0.556. The fourth-order valence-corrected chi connectivity index (χ4v) is 8.30.